The number of amides is 1. The van der Waals surface area contributed by atoms with Gasteiger partial charge in [0.2, 0.25) is 0 Å². The zero-order valence-corrected chi connectivity index (χ0v) is 27.2. The summed E-state index contributed by atoms with van der Waals surface area (Å²) in [4.78, 5) is 21.3. The van der Waals surface area contributed by atoms with Gasteiger partial charge in [-0.15, -0.1) is 0 Å². The average molecular weight is 702 g/mol. The number of rotatable bonds is 10. The molecule has 6 rings (SSSR count). The van der Waals surface area contributed by atoms with E-state index in [0.29, 0.717) is 39.5 Å². The summed E-state index contributed by atoms with van der Waals surface area (Å²) in [7, 11) is 0. The van der Waals surface area contributed by atoms with E-state index in [-0.39, 0.29) is 54.4 Å². The van der Waals surface area contributed by atoms with Crippen molar-refractivity contribution in [1.82, 2.24) is 20.5 Å². The van der Waals surface area contributed by atoms with Gasteiger partial charge in [-0.2, -0.15) is 13.2 Å². The molecule has 3 heterocycles. The smallest absolute Gasteiger partial charge is 0.417 e. The van der Waals surface area contributed by atoms with Crippen molar-refractivity contribution in [3.63, 3.8) is 0 Å². The zero-order chi connectivity index (χ0) is 31.9. The van der Waals surface area contributed by atoms with Crippen LogP contribution in [0.15, 0.2) is 42.1 Å². The van der Waals surface area contributed by atoms with Gasteiger partial charge in [-0.05, 0) is 61.1 Å². The highest BCUT2D eigenvalue weighted by atomic mass is 35.5. The van der Waals surface area contributed by atoms with Crippen molar-refractivity contribution >= 4 is 57.6 Å². The maximum absolute atomic E-state index is 14.3. The molecular formula is C31H30Cl3F3N4O3S. The molecule has 1 saturated heterocycles. The maximum Gasteiger partial charge on any atom is 0.417 e. The third-order valence-corrected chi connectivity index (χ3v) is 9.96. The maximum atomic E-state index is 14.3. The van der Waals surface area contributed by atoms with Crippen molar-refractivity contribution in [3.8, 4) is 10.9 Å². The molecular weight excluding hydrogens is 672 g/mol. The predicted molar refractivity (Wildman–Crippen MR) is 169 cm³/mol. The second-order valence-electron chi connectivity index (χ2n) is 11.4. The second kappa shape index (κ2) is 13.3. The molecule has 240 valence electrons. The number of alkyl halides is 3. The Labute approximate surface area is 277 Å². The normalized spacial score (nSPS) is 19.9. The molecule has 2 atom stereocenters. The summed E-state index contributed by atoms with van der Waals surface area (Å²) in [5.74, 6) is 0.180. The third-order valence-electron chi connectivity index (χ3n) is 7.98. The number of hydrogen-bond donors (Lipinski definition) is 2. The molecule has 3 aromatic rings. The summed E-state index contributed by atoms with van der Waals surface area (Å²) in [6.07, 6.45) is -0.738. The van der Waals surface area contributed by atoms with Crippen molar-refractivity contribution in [1.29, 1.82) is 0 Å². The van der Waals surface area contributed by atoms with Crippen LogP contribution in [0.5, 0.6) is 10.9 Å². The predicted octanol–water partition coefficient (Wildman–Crippen LogP) is 7.17. The number of carbonyl (C=O) groups is 1. The van der Waals surface area contributed by atoms with Gasteiger partial charge in [0.25, 0.3) is 11.1 Å². The summed E-state index contributed by atoms with van der Waals surface area (Å²) in [6, 6.07) is 7.16. The molecule has 2 N–H and O–H groups in total. The van der Waals surface area contributed by atoms with Gasteiger partial charge in [0.1, 0.15) is 13.2 Å². The van der Waals surface area contributed by atoms with Gasteiger partial charge in [0, 0.05) is 43.5 Å². The van der Waals surface area contributed by atoms with Crippen LogP contribution in [0, 0.1) is 6.92 Å². The van der Waals surface area contributed by atoms with Gasteiger partial charge in [-0.3, -0.25) is 4.79 Å². The topological polar surface area (TPSA) is 75.7 Å². The lowest BCUT2D eigenvalue weighted by Gasteiger charge is -2.40. The second-order valence-corrected chi connectivity index (χ2v) is 13.5. The standard InChI is InChI=1S/C31H30Cl3F3N4O3S/c1-16-9-22(32)28(23(33)10-16)43-7-8-44-30-39-14-25(45-30)20-11-18-12-38-13-24(40-18)26(20)29(42)41(19-5-6-19)15-17-3-2-4-21(27(17)34)31(35,36)37/h2-4,9-10,14,18-19,24,38,40H,5-8,11-13,15H2,1H3/t18-,24?/m1/s1. The molecule has 2 aliphatic heterocycles. The first-order chi connectivity index (χ1) is 21.5. The van der Waals surface area contributed by atoms with Crippen LogP contribution >= 0.6 is 46.1 Å². The van der Waals surface area contributed by atoms with Crippen molar-refractivity contribution in [2.75, 3.05) is 26.3 Å². The minimum Gasteiger partial charge on any atom is -0.487 e. The van der Waals surface area contributed by atoms with E-state index >= 15 is 0 Å². The minimum absolute atomic E-state index is 0.0152. The Balaban J connectivity index is 1.22. The summed E-state index contributed by atoms with van der Waals surface area (Å²) in [5.41, 5.74) is 1.75. The first kappa shape index (κ1) is 32.4. The van der Waals surface area contributed by atoms with Crippen LogP contribution in [-0.4, -0.2) is 60.2 Å². The van der Waals surface area contributed by atoms with Gasteiger partial charge < -0.3 is 25.0 Å². The van der Waals surface area contributed by atoms with E-state index in [4.69, 9.17) is 44.3 Å². The summed E-state index contributed by atoms with van der Waals surface area (Å²) >= 11 is 20.1. The summed E-state index contributed by atoms with van der Waals surface area (Å²) in [6.45, 7) is 3.56. The molecule has 3 aliphatic rings. The van der Waals surface area contributed by atoms with E-state index in [1.54, 1.807) is 29.3 Å². The fourth-order valence-corrected chi connectivity index (χ4v) is 7.63. The Morgan fingerprint density at radius 1 is 1.11 bits per heavy atom. The van der Waals surface area contributed by atoms with Crippen LogP contribution in [0.1, 0.15) is 40.8 Å². The number of nitrogens with zero attached hydrogens (tertiary/aromatic N) is 2. The van der Waals surface area contributed by atoms with E-state index in [1.807, 2.05) is 6.92 Å². The van der Waals surface area contributed by atoms with Crippen LogP contribution in [0.25, 0.3) is 5.57 Å². The van der Waals surface area contributed by atoms with Crippen molar-refractivity contribution in [2.45, 2.75) is 57.0 Å². The highest BCUT2D eigenvalue weighted by Crippen LogP contribution is 2.41. The Kier molecular flexibility index (Phi) is 9.57. The van der Waals surface area contributed by atoms with Gasteiger partial charge in [0.15, 0.2) is 5.75 Å². The Bertz CT molecular complexity index is 1610. The van der Waals surface area contributed by atoms with Gasteiger partial charge in [-0.1, -0.05) is 58.3 Å². The van der Waals surface area contributed by atoms with Gasteiger partial charge in [-0.25, -0.2) is 4.98 Å². The van der Waals surface area contributed by atoms with Crippen molar-refractivity contribution in [3.05, 3.63) is 78.7 Å². The van der Waals surface area contributed by atoms with E-state index in [1.165, 1.54) is 17.4 Å². The molecule has 1 unspecified atom stereocenters. The van der Waals surface area contributed by atoms with Crippen LogP contribution in [0.3, 0.4) is 0 Å². The minimum atomic E-state index is -4.59. The highest BCUT2D eigenvalue weighted by molar-refractivity contribution is 7.14. The number of thiazole rings is 1. The number of carbonyl (C=O) groups excluding carboxylic acids is 1. The number of piperazine rings is 1. The molecule has 7 nitrogen and oxygen atoms in total. The fraction of sp³-hybridized carbons (Fsp3) is 0.419. The molecule has 1 aromatic heterocycles. The SMILES string of the molecule is Cc1cc(Cl)c(OCCOc2ncc(C3=C(C(=O)N(Cc4cccc(C(F)(F)F)c4Cl)C4CC4)C4CNC[C@@H](C3)N4)s2)c(Cl)c1. The first-order valence-corrected chi connectivity index (χ1v) is 16.5. The molecule has 1 amide bonds. The average Bonchev–Trinajstić information content (AvgIpc) is 3.71. The van der Waals surface area contributed by atoms with E-state index in [9.17, 15) is 18.0 Å². The van der Waals surface area contributed by atoms with Gasteiger partial charge in [0.05, 0.1) is 31.6 Å². The van der Waals surface area contributed by atoms with Crippen LogP contribution in [-0.2, 0) is 17.5 Å². The Morgan fingerprint density at radius 3 is 2.56 bits per heavy atom. The quantitative estimate of drug-likeness (QED) is 0.219. The number of benzene rings is 2. The third kappa shape index (κ3) is 7.24. The van der Waals surface area contributed by atoms with E-state index in [2.05, 4.69) is 15.6 Å². The summed E-state index contributed by atoms with van der Waals surface area (Å²) in [5, 5.41) is 7.83. The number of fused-ring (bicyclic) bond motifs is 2. The molecule has 0 spiro atoms. The molecule has 2 bridgehead atoms. The fourth-order valence-electron chi connectivity index (χ4n) is 5.77. The molecule has 1 aliphatic carbocycles. The van der Waals surface area contributed by atoms with Crippen LogP contribution in [0.4, 0.5) is 13.2 Å². The Morgan fingerprint density at radius 2 is 1.84 bits per heavy atom. The van der Waals surface area contributed by atoms with Crippen LogP contribution in [0.2, 0.25) is 15.1 Å². The number of aromatic nitrogens is 1. The number of aryl methyl sites for hydroxylation is 1. The van der Waals surface area contributed by atoms with Crippen LogP contribution < -0.4 is 20.1 Å². The number of nitrogens with one attached hydrogen (secondary N) is 2. The Hall–Kier alpha value is -2.54. The number of halogens is 6. The van der Waals surface area contributed by atoms with Crippen molar-refractivity contribution < 1.29 is 27.4 Å². The molecule has 2 aromatic carbocycles. The summed E-state index contributed by atoms with van der Waals surface area (Å²) < 4.78 is 52.3. The molecule has 1 saturated carbocycles. The lowest BCUT2D eigenvalue weighted by molar-refractivity contribution is -0.137. The largest absolute Gasteiger partial charge is 0.487 e. The molecule has 0 radical (unpaired) electrons. The van der Waals surface area contributed by atoms with Crippen molar-refractivity contribution in [2.24, 2.45) is 0 Å². The first-order valence-electron chi connectivity index (χ1n) is 14.5. The lowest BCUT2D eigenvalue weighted by atomic mass is 9.86. The highest BCUT2D eigenvalue weighted by Gasteiger charge is 2.42. The van der Waals surface area contributed by atoms with E-state index < -0.39 is 11.7 Å². The number of ether oxygens (including phenoxy) is 2. The zero-order valence-electron chi connectivity index (χ0n) is 24.1. The van der Waals surface area contributed by atoms with E-state index in [0.717, 1.165) is 41.5 Å². The monoisotopic (exact) mass is 700 g/mol. The number of hydrogen-bond acceptors (Lipinski definition) is 7. The lowest BCUT2D eigenvalue weighted by Crippen LogP contribution is -2.59. The molecule has 45 heavy (non-hydrogen) atoms. The molecule has 14 heteroatoms. The van der Waals surface area contributed by atoms with Gasteiger partial charge >= 0.3 is 6.18 Å². The molecule has 2 fully saturated rings.